The van der Waals surface area contributed by atoms with Gasteiger partial charge in [0.25, 0.3) is 0 Å². The van der Waals surface area contributed by atoms with E-state index in [2.05, 4.69) is 33.8 Å². The normalized spacial score (nSPS) is 12.5. The fourth-order valence-electron chi connectivity index (χ4n) is 1.57. The third-order valence-corrected chi connectivity index (χ3v) is 3.15. The van der Waals surface area contributed by atoms with Crippen molar-refractivity contribution >= 4 is 5.97 Å². The molecule has 0 atom stereocenters. The summed E-state index contributed by atoms with van der Waals surface area (Å²) in [6, 6.07) is 0. The van der Waals surface area contributed by atoms with Gasteiger partial charge in [0.05, 0.1) is 0 Å². The van der Waals surface area contributed by atoms with Gasteiger partial charge in [0, 0.05) is 6.08 Å². The highest BCUT2D eigenvalue weighted by molar-refractivity contribution is 5.80. The van der Waals surface area contributed by atoms with Crippen LogP contribution in [0.3, 0.4) is 0 Å². The summed E-state index contributed by atoms with van der Waals surface area (Å²) in [6.45, 7) is 10.5. The second-order valence-electron chi connectivity index (χ2n) is 5.20. The van der Waals surface area contributed by atoms with Crippen LogP contribution in [0.2, 0.25) is 0 Å². The van der Waals surface area contributed by atoms with Crippen LogP contribution in [0.25, 0.3) is 0 Å². The van der Waals surface area contributed by atoms with E-state index in [1.165, 1.54) is 22.8 Å². The molecule has 0 amide bonds. The first-order chi connectivity index (χ1) is 8.32. The molecule has 0 aromatic heterocycles. The number of carboxylic acids is 1. The Morgan fingerprint density at radius 2 is 1.56 bits per heavy atom. The zero-order valence-corrected chi connectivity index (χ0v) is 12.3. The minimum absolute atomic E-state index is 0.825. The van der Waals surface area contributed by atoms with Crippen molar-refractivity contribution in [2.45, 2.75) is 60.3 Å². The van der Waals surface area contributed by atoms with Crippen molar-refractivity contribution in [2.75, 3.05) is 0 Å². The average molecular weight is 250 g/mol. The summed E-state index contributed by atoms with van der Waals surface area (Å²) in [6.07, 6.45) is 7.47. The van der Waals surface area contributed by atoms with E-state index in [0.29, 0.717) is 0 Å². The molecular formula is C16H26O2. The van der Waals surface area contributed by atoms with Crippen molar-refractivity contribution in [1.29, 1.82) is 0 Å². The number of hydrogen-bond donors (Lipinski definition) is 1. The van der Waals surface area contributed by atoms with Crippen LogP contribution < -0.4 is 0 Å². The summed E-state index contributed by atoms with van der Waals surface area (Å²) in [7, 11) is 0. The highest BCUT2D eigenvalue weighted by atomic mass is 16.4. The second kappa shape index (κ2) is 8.73. The van der Waals surface area contributed by atoms with Crippen LogP contribution in [-0.2, 0) is 4.79 Å². The summed E-state index contributed by atoms with van der Waals surface area (Å²) in [5.41, 5.74) is 5.18. The monoisotopic (exact) mass is 250 g/mol. The smallest absolute Gasteiger partial charge is 0.328 e. The molecule has 0 aromatic rings. The summed E-state index contributed by atoms with van der Waals surface area (Å²) in [5, 5.41) is 8.59. The maximum absolute atomic E-state index is 10.5. The van der Waals surface area contributed by atoms with Gasteiger partial charge in [-0.05, 0) is 60.3 Å². The first-order valence-electron chi connectivity index (χ1n) is 6.51. The largest absolute Gasteiger partial charge is 0.478 e. The van der Waals surface area contributed by atoms with Crippen molar-refractivity contribution in [1.82, 2.24) is 0 Å². The van der Waals surface area contributed by atoms with E-state index in [4.69, 9.17) is 5.11 Å². The lowest BCUT2D eigenvalue weighted by atomic mass is 10.0. The van der Waals surface area contributed by atoms with Crippen LogP contribution in [-0.4, -0.2) is 11.1 Å². The third kappa shape index (κ3) is 8.80. The van der Waals surface area contributed by atoms with Gasteiger partial charge >= 0.3 is 5.97 Å². The van der Waals surface area contributed by atoms with Gasteiger partial charge in [-0.2, -0.15) is 0 Å². The zero-order valence-electron chi connectivity index (χ0n) is 12.3. The van der Waals surface area contributed by atoms with E-state index >= 15 is 0 Å². The highest BCUT2D eigenvalue weighted by Crippen LogP contribution is 2.15. The number of aliphatic carboxylic acids is 1. The molecule has 0 spiro atoms. The Bertz CT molecular complexity index is 367. The van der Waals surface area contributed by atoms with Crippen molar-refractivity contribution in [2.24, 2.45) is 0 Å². The van der Waals surface area contributed by atoms with E-state index in [9.17, 15) is 4.79 Å². The summed E-state index contributed by atoms with van der Waals surface area (Å²) >= 11 is 0. The van der Waals surface area contributed by atoms with Crippen molar-refractivity contribution < 1.29 is 9.90 Å². The quantitative estimate of drug-likeness (QED) is 0.516. The first kappa shape index (κ1) is 16.7. The molecule has 0 aliphatic rings. The predicted octanol–water partition coefficient (Wildman–Crippen LogP) is 4.88. The number of hydrogen-bond acceptors (Lipinski definition) is 1. The maximum Gasteiger partial charge on any atom is 0.328 e. The Morgan fingerprint density at radius 3 is 2.06 bits per heavy atom. The minimum atomic E-state index is -0.854. The first-order valence-corrected chi connectivity index (χ1v) is 6.51. The molecule has 0 aliphatic carbocycles. The van der Waals surface area contributed by atoms with Gasteiger partial charge in [-0.15, -0.1) is 0 Å². The van der Waals surface area contributed by atoms with Gasteiger partial charge in [0.1, 0.15) is 0 Å². The molecule has 2 nitrogen and oxygen atoms in total. The van der Waals surface area contributed by atoms with Crippen LogP contribution in [0.1, 0.15) is 60.3 Å². The molecule has 0 aliphatic heterocycles. The van der Waals surface area contributed by atoms with Crippen LogP contribution in [0.5, 0.6) is 0 Å². The molecule has 0 heterocycles. The Hall–Kier alpha value is -1.31. The Balaban J connectivity index is 4.07. The molecule has 102 valence electrons. The fourth-order valence-corrected chi connectivity index (χ4v) is 1.57. The number of carbonyl (C=O) groups is 1. The Kier molecular flexibility index (Phi) is 8.10. The van der Waals surface area contributed by atoms with E-state index in [0.717, 1.165) is 31.3 Å². The van der Waals surface area contributed by atoms with Gasteiger partial charge in [0.15, 0.2) is 0 Å². The van der Waals surface area contributed by atoms with Crippen LogP contribution in [0, 0.1) is 0 Å². The second-order valence-corrected chi connectivity index (χ2v) is 5.20. The van der Waals surface area contributed by atoms with Gasteiger partial charge in [0.2, 0.25) is 0 Å². The molecule has 0 saturated heterocycles. The zero-order chi connectivity index (χ0) is 14.1. The lowest BCUT2D eigenvalue weighted by molar-refractivity contribution is -0.131. The SMILES string of the molecule is CC(C)=C(C)CC/C(C)=C/CC/C(C)=C/C(=O)O. The van der Waals surface area contributed by atoms with Crippen molar-refractivity contribution in [3.05, 3.63) is 34.4 Å². The van der Waals surface area contributed by atoms with Gasteiger partial charge in [-0.1, -0.05) is 28.4 Å². The van der Waals surface area contributed by atoms with E-state index in [-0.39, 0.29) is 0 Å². The molecule has 2 heteroatoms. The lowest BCUT2D eigenvalue weighted by Gasteiger charge is -2.05. The van der Waals surface area contributed by atoms with E-state index in [1.807, 2.05) is 6.92 Å². The van der Waals surface area contributed by atoms with Crippen LogP contribution >= 0.6 is 0 Å². The standard InChI is InChI=1S/C16H26O2/c1-12(2)15(5)10-9-13(3)7-6-8-14(4)11-16(17)18/h7,11H,6,8-10H2,1-5H3,(H,17,18)/b13-7+,14-11+. The summed E-state index contributed by atoms with van der Waals surface area (Å²) < 4.78 is 0. The Morgan fingerprint density at radius 1 is 0.944 bits per heavy atom. The molecule has 0 rings (SSSR count). The van der Waals surface area contributed by atoms with Gasteiger partial charge < -0.3 is 5.11 Å². The molecule has 0 radical (unpaired) electrons. The minimum Gasteiger partial charge on any atom is -0.478 e. The molecular weight excluding hydrogens is 224 g/mol. The molecule has 0 aromatic carbocycles. The van der Waals surface area contributed by atoms with E-state index < -0.39 is 5.97 Å². The number of allylic oxidation sites excluding steroid dienone is 5. The number of rotatable bonds is 7. The summed E-state index contributed by atoms with van der Waals surface area (Å²) in [4.78, 5) is 10.5. The molecule has 0 unspecified atom stereocenters. The summed E-state index contributed by atoms with van der Waals surface area (Å²) in [5.74, 6) is -0.854. The van der Waals surface area contributed by atoms with Gasteiger partial charge in [-0.3, -0.25) is 0 Å². The predicted molar refractivity (Wildman–Crippen MR) is 77.7 cm³/mol. The van der Waals surface area contributed by atoms with E-state index in [1.54, 1.807) is 0 Å². The topological polar surface area (TPSA) is 37.3 Å². The third-order valence-electron chi connectivity index (χ3n) is 3.15. The van der Waals surface area contributed by atoms with Crippen molar-refractivity contribution in [3.63, 3.8) is 0 Å². The lowest BCUT2D eigenvalue weighted by Crippen LogP contribution is -1.90. The average Bonchev–Trinajstić information content (AvgIpc) is 2.24. The molecule has 0 bridgehead atoms. The molecule has 1 N–H and O–H groups in total. The number of carboxylic acid groups (broad SMARTS) is 1. The molecule has 18 heavy (non-hydrogen) atoms. The van der Waals surface area contributed by atoms with Crippen LogP contribution in [0.4, 0.5) is 0 Å². The maximum atomic E-state index is 10.5. The highest BCUT2D eigenvalue weighted by Gasteiger charge is 1.96. The van der Waals surface area contributed by atoms with Crippen LogP contribution in [0.15, 0.2) is 34.4 Å². The van der Waals surface area contributed by atoms with Crippen molar-refractivity contribution in [3.8, 4) is 0 Å². The molecule has 0 saturated carbocycles. The van der Waals surface area contributed by atoms with Gasteiger partial charge in [-0.25, -0.2) is 4.79 Å². The fraction of sp³-hybridized carbons (Fsp3) is 0.562. The Labute approximate surface area is 111 Å². The molecule has 0 fully saturated rings.